The second-order valence-corrected chi connectivity index (χ2v) is 9.96. The van der Waals surface area contributed by atoms with Crippen LogP contribution in [0.5, 0.6) is 0 Å². The van der Waals surface area contributed by atoms with Gasteiger partial charge in [0, 0.05) is 49.4 Å². The molecule has 6 heterocycles. The van der Waals surface area contributed by atoms with Crippen molar-refractivity contribution in [1.29, 1.82) is 0 Å². The van der Waals surface area contributed by atoms with E-state index in [4.69, 9.17) is 16.3 Å². The maximum absolute atomic E-state index is 6.37. The van der Waals surface area contributed by atoms with Crippen LogP contribution in [0.25, 0.3) is 5.69 Å². The molecule has 0 saturated carbocycles. The monoisotopic (exact) mass is 449 g/mol. The molecule has 0 unspecified atom stereocenters. The predicted octanol–water partition coefficient (Wildman–Crippen LogP) is 2.36. The first kappa shape index (κ1) is 18.8. The number of benzene rings is 1. The Morgan fingerprint density at radius 3 is 2.56 bits per heavy atom. The van der Waals surface area contributed by atoms with Crippen LogP contribution in [0.2, 0.25) is 5.02 Å². The lowest BCUT2D eigenvalue weighted by atomic mass is 9.73. The molecule has 4 aliphatic heterocycles. The maximum Gasteiger partial charge on any atom is 0.231 e. The summed E-state index contributed by atoms with van der Waals surface area (Å²) in [5.41, 5.74) is 2.67. The zero-order chi connectivity index (χ0) is 21.3. The smallest absolute Gasteiger partial charge is 0.231 e. The number of hydrogen-bond acceptors (Lipinski definition) is 7. The topological polar surface area (TPSA) is 62.6 Å². The number of nitrogens with zero attached hydrogens (tertiary/aromatic N) is 7. The zero-order valence-electron chi connectivity index (χ0n) is 17.7. The van der Waals surface area contributed by atoms with Gasteiger partial charge in [0.15, 0.2) is 5.82 Å². The molecule has 32 heavy (non-hydrogen) atoms. The van der Waals surface area contributed by atoms with E-state index in [2.05, 4.69) is 58.7 Å². The van der Waals surface area contributed by atoms with Crippen molar-refractivity contribution in [2.75, 3.05) is 49.2 Å². The lowest BCUT2D eigenvalue weighted by molar-refractivity contribution is -0.0715. The summed E-state index contributed by atoms with van der Waals surface area (Å²) >= 11 is 6.37. The van der Waals surface area contributed by atoms with Gasteiger partial charge in [0.1, 0.15) is 5.82 Å². The zero-order valence-corrected chi connectivity index (χ0v) is 18.4. The van der Waals surface area contributed by atoms with Gasteiger partial charge in [-0.05, 0) is 35.9 Å². The van der Waals surface area contributed by atoms with E-state index in [1.807, 2.05) is 18.3 Å². The van der Waals surface area contributed by atoms with E-state index in [1.165, 1.54) is 5.56 Å². The second-order valence-electron chi connectivity index (χ2n) is 9.52. The summed E-state index contributed by atoms with van der Waals surface area (Å²) in [6, 6.07) is 12.7. The van der Waals surface area contributed by atoms with Gasteiger partial charge >= 0.3 is 0 Å². The third-order valence-corrected chi connectivity index (χ3v) is 7.45. The number of anilines is 2. The lowest BCUT2D eigenvalue weighted by Gasteiger charge is -2.60. The van der Waals surface area contributed by atoms with Crippen LogP contribution in [-0.2, 0) is 17.8 Å². The Bertz CT molecular complexity index is 1160. The third-order valence-electron chi connectivity index (χ3n) is 7.21. The van der Waals surface area contributed by atoms with Gasteiger partial charge in [0.05, 0.1) is 31.5 Å². The summed E-state index contributed by atoms with van der Waals surface area (Å²) in [4.78, 5) is 11.6. The molecular weight excluding hydrogens is 426 g/mol. The van der Waals surface area contributed by atoms with Crippen LogP contribution >= 0.6 is 11.6 Å². The minimum Gasteiger partial charge on any atom is -0.378 e. The van der Waals surface area contributed by atoms with E-state index in [0.717, 1.165) is 80.8 Å². The molecule has 0 aliphatic carbocycles. The van der Waals surface area contributed by atoms with Gasteiger partial charge in [-0.1, -0.05) is 17.7 Å². The molecule has 164 valence electrons. The molecule has 1 spiro atoms. The van der Waals surface area contributed by atoms with E-state index in [1.54, 1.807) is 0 Å². The van der Waals surface area contributed by atoms with Crippen LogP contribution in [0.1, 0.15) is 11.4 Å². The van der Waals surface area contributed by atoms with Crippen molar-refractivity contribution in [3.63, 3.8) is 0 Å². The van der Waals surface area contributed by atoms with Crippen LogP contribution in [0.4, 0.5) is 11.8 Å². The molecule has 2 aromatic heterocycles. The Kier molecular flexibility index (Phi) is 4.07. The van der Waals surface area contributed by atoms with Gasteiger partial charge in [-0.2, -0.15) is 0 Å². The molecule has 8 nitrogen and oxygen atoms in total. The summed E-state index contributed by atoms with van der Waals surface area (Å²) in [5, 5.41) is 10.0. The Morgan fingerprint density at radius 1 is 0.969 bits per heavy atom. The van der Waals surface area contributed by atoms with Crippen molar-refractivity contribution >= 4 is 23.4 Å². The first-order valence-corrected chi connectivity index (χ1v) is 11.5. The average molecular weight is 450 g/mol. The van der Waals surface area contributed by atoms with E-state index >= 15 is 0 Å². The maximum atomic E-state index is 6.37. The largest absolute Gasteiger partial charge is 0.378 e. The molecule has 1 aromatic carbocycles. The number of rotatable bonds is 3. The molecule has 9 heteroatoms. The minimum absolute atomic E-state index is 0.326. The summed E-state index contributed by atoms with van der Waals surface area (Å²) in [6.07, 6.45) is 1.86. The molecule has 0 amide bonds. The Hall–Kier alpha value is -2.68. The van der Waals surface area contributed by atoms with E-state index < -0.39 is 0 Å². The Morgan fingerprint density at radius 2 is 1.81 bits per heavy atom. The molecule has 7 rings (SSSR count). The SMILES string of the molecule is Clc1ccc2c(c1)CN(C1COC1)Cc1nnc(N3CC4(CN(c5ccccn5)C4)C3)n1-2. The fraction of sp³-hybridized carbons (Fsp3) is 0.435. The summed E-state index contributed by atoms with van der Waals surface area (Å²) in [6.45, 7) is 7.24. The lowest BCUT2D eigenvalue weighted by Crippen LogP contribution is -2.73. The Balaban J connectivity index is 1.16. The number of halogens is 1. The van der Waals surface area contributed by atoms with Crippen molar-refractivity contribution in [3.8, 4) is 5.69 Å². The highest BCUT2D eigenvalue weighted by atomic mass is 35.5. The summed E-state index contributed by atoms with van der Waals surface area (Å²) < 4.78 is 7.70. The number of ether oxygens (including phenoxy) is 1. The standard InChI is InChI=1S/C23H24ClN7O/c24-17-4-5-19-16(7-17)8-28(18-10-32-11-18)9-21-26-27-22(31(19)21)30-14-23(15-30)12-29(13-23)20-3-1-2-6-25-20/h1-7,18H,8-15H2. The van der Waals surface area contributed by atoms with E-state index in [0.29, 0.717) is 11.5 Å². The van der Waals surface area contributed by atoms with Crippen LogP contribution < -0.4 is 9.80 Å². The third kappa shape index (κ3) is 2.86. The number of hydrogen-bond donors (Lipinski definition) is 0. The van der Waals surface area contributed by atoms with Crippen molar-refractivity contribution < 1.29 is 4.74 Å². The van der Waals surface area contributed by atoms with Crippen LogP contribution in [0.3, 0.4) is 0 Å². The van der Waals surface area contributed by atoms with Crippen LogP contribution in [-0.4, -0.2) is 70.1 Å². The summed E-state index contributed by atoms with van der Waals surface area (Å²) in [5.74, 6) is 2.99. The summed E-state index contributed by atoms with van der Waals surface area (Å²) in [7, 11) is 0. The van der Waals surface area contributed by atoms with Gasteiger partial charge in [-0.3, -0.25) is 9.47 Å². The number of pyridine rings is 1. The molecule has 3 aromatic rings. The number of fused-ring (bicyclic) bond motifs is 3. The molecule has 3 saturated heterocycles. The fourth-order valence-electron chi connectivity index (χ4n) is 5.48. The highest BCUT2D eigenvalue weighted by Gasteiger charge is 2.53. The molecule has 0 atom stereocenters. The first-order valence-electron chi connectivity index (χ1n) is 11.1. The molecule has 3 fully saturated rings. The quantitative estimate of drug-likeness (QED) is 0.608. The van der Waals surface area contributed by atoms with Gasteiger partial charge in [-0.25, -0.2) is 4.98 Å². The Labute approximate surface area is 191 Å². The normalized spacial score (nSPS) is 21.9. The highest BCUT2D eigenvalue weighted by molar-refractivity contribution is 6.30. The van der Waals surface area contributed by atoms with E-state index in [9.17, 15) is 0 Å². The van der Waals surface area contributed by atoms with Crippen LogP contribution in [0, 0.1) is 5.41 Å². The second kappa shape index (κ2) is 6.91. The fourth-order valence-corrected chi connectivity index (χ4v) is 5.67. The van der Waals surface area contributed by atoms with Crippen molar-refractivity contribution in [3.05, 3.63) is 59.0 Å². The molecular formula is C23H24ClN7O. The van der Waals surface area contributed by atoms with Crippen molar-refractivity contribution in [2.45, 2.75) is 19.1 Å². The average Bonchev–Trinajstić information content (AvgIpc) is 3.01. The molecule has 0 radical (unpaired) electrons. The molecule has 0 bridgehead atoms. The highest BCUT2D eigenvalue weighted by Crippen LogP contribution is 2.44. The molecule has 4 aliphatic rings. The van der Waals surface area contributed by atoms with Gasteiger partial charge in [-0.15, -0.1) is 10.2 Å². The van der Waals surface area contributed by atoms with E-state index in [-0.39, 0.29) is 0 Å². The number of aromatic nitrogens is 4. The first-order chi connectivity index (χ1) is 15.7. The van der Waals surface area contributed by atoms with Gasteiger partial charge in [0.25, 0.3) is 0 Å². The minimum atomic E-state index is 0.326. The van der Waals surface area contributed by atoms with Gasteiger partial charge in [0.2, 0.25) is 5.95 Å². The van der Waals surface area contributed by atoms with Crippen molar-refractivity contribution in [2.24, 2.45) is 5.41 Å². The van der Waals surface area contributed by atoms with Crippen LogP contribution in [0.15, 0.2) is 42.6 Å². The predicted molar refractivity (Wildman–Crippen MR) is 121 cm³/mol. The van der Waals surface area contributed by atoms with Gasteiger partial charge < -0.3 is 14.5 Å². The molecule has 0 N–H and O–H groups in total. The van der Waals surface area contributed by atoms with Crippen molar-refractivity contribution in [1.82, 2.24) is 24.6 Å².